The second-order valence-electron chi connectivity index (χ2n) is 13.6. The first-order valence-corrected chi connectivity index (χ1v) is 14.1. The molecule has 2 aromatic carbocycles. The second kappa shape index (κ2) is 7.33. The third-order valence-electron chi connectivity index (χ3n) is 10.5. The lowest BCUT2D eigenvalue weighted by molar-refractivity contribution is -0.136. The summed E-state index contributed by atoms with van der Waals surface area (Å²) >= 11 is 0. The smallest absolute Gasteiger partial charge is 0.0974 e. The highest BCUT2D eigenvalue weighted by Crippen LogP contribution is 2.69. The first-order valence-electron chi connectivity index (χ1n) is 14.1. The van der Waals surface area contributed by atoms with Gasteiger partial charge < -0.3 is 10.1 Å². The quantitative estimate of drug-likeness (QED) is 0.486. The molecular formula is C33H41NO. The molecule has 0 aromatic heterocycles. The van der Waals surface area contributed by atoms with E-state index < -0.39 is 0 Å². The molecule has 2 aliphatic heterocycles. The molecule has 6 atom stereocenters. The summed E-state index contributed by atoms with van der Waals surface area (Å²) in [6.45, 7) is 9.48. The highest BCUT2D eigenvalue weighted by Gasteiger charge is 2.66. The van der Waals surface area contributed by atoms with Crippen molar-refractivity contribution in [3.05, 3.63) is 71.3 Å². The van der Waals surface area contributed by atoms with Gasteiger partial charge in [0.15, 0.2) is 0 Å². The molecule has 2 spiro atoms. The third kappa shape index (κ3) is 3.22. The van der Waals surface area contributed by atoms with Gasteiger partial charge >= 0.3 is 0 Å². The van der Waals surface area contributed by atoms with E-state index >= 15 is 0 Å². The summed E-state index contributed by atoms with van der Waals surface area (Å²) in [4.78, 5) is 0. The van der Waals surface area contributed by atoms with Crippen molar-refractivity contribution in [3.8, 4) is 0 Å². The van der Waals surface area contributed by atoms with Crippen LogP contribution in [0.1, 0.15) is 90.5 Å². The van der Waals surface area contributed by atoms with E-state index in [9.17, 15) is 0 Å². The fraction of sp³-hybridized carbons (Fsp3) is 0.576. The van der Waals surface area contributed by atoms with Gasteiger partial charge in [-0.1, -0.05) is 61.5 Å². The Morgan fingerprint density at radius 2 is 1.80 bits per heavy atom. The molecule has 1 unspecified atom stereocenters. The van der Waals surface area contributed by atoms with Crippen LogP contribution in [0.4, 0.5) is 0 Å². The number of ether oxygens (including phenoxy) is 1. The Morgan fingerprint density at radius 3 is 2.63 bits per heavy atom. The molecule has 2 heterocycles. The van der Waals surface area contributed by atoms with Crippen LogP contribution in [0.3, 0.4) is 0 Å². The Kier molecular flexibility index (Phi) is 4.67. The standard InChI is InChI=1S/C33H41NO/c1-30(2,3)34-27-12-11-25-20-26-15-16-31(4)28(24-10-9-22-7-5-6-8-23(22)19-24)13-14-29(31)33(26)18-17-32(25,21-27)35-33/h5-10,15,19-20,27-29,34H,11-14,16-18,21H2,1-4H3/t27-,28+,29+,31+,32?,33+/m0/s1. The Bertz CT molecular complexity index is 1250. The molecule has 3 fully saturated rings. The Morgan fingerprint density at radius 1 is 0.971 bits per heavy atom. The Balaban J connectivity index is 1.24. The maximum absolute atomic E-state index is 7.48. The SMILES string of the molecule is CC(C)(C)N[C@H]1CCC2=CC3=CC[C@]4(C)[C@@H](c5ccc6ccccc6c5)CC[C@H]4[C@@]34CCC2(C1)O4. The van der Waals surface area contributed by atoms with E-state index in [1.165, 1.54) is 66.9 Å². The van der Waals surface area contributed by atoms with Gasteiger partial charge in [-0.2, -0.15) is 0 Å². The summed E-state index contributed by atoms with van der Waals surface area (Å²) in [5.74, 6) is 1.22. The van der Waals surface area contributed by atoms with Gasteiger partial charge in [0, 0.05) is 11.6 Å². The first kappa shape index (κ1) is 22.3. The van der Waals surface area contributed by atoms with Crippen molar-refractivity contribution >= 4 is 10.8 Å². The lowest BCUT2D eigenvalue weighted by Crippen LogP contribution is -2.56. The van der Waals surface area contributed by atoms with Crippen LogP contribution in [-0.2, 0) is 4.74 Å². The van der Waals surface area contributed by atoms with Crippen LogP contribution < -0.4 is 5.32 Å². The number of fused-ring (bicyclic) bond motifs is 2. The van der Waals surface area contributed by atoms with Gasteiger partial charge in [-0.15, -0.1) is 0 Å². The highest BCUT2D eigenvalue weighted by atomic mass is 16.5. The molecule has 0 radical (unpaired) electrons. The van der Waals surface area contributed by atoms with Crippen molar-refractivity contribution < 1.29 is 4.74 Å². The largest absolute Gasteiger partial charge is 0.359 e. The third-order valence-corrected chi connectivity index (χ3v) is 10.5. The van der Waals surface area contributed by atoms with Crippen molar-refractivity contribution in [1.29, 1.82) is 0 Å². The molecular weight excluding hydrogens is 426 g/mol. The van der Waals surface area contributed by atoms with Crippen LogP contribution in [0.2, 0.25) is 0 Å². The van der Waals surface area contributed by atoms with Gasteiger partial charge in [-0.3, -0.25) is 0 Å². The van der Waals surface area contributed by atoms with Gasteiger partial charge in [-0.25, -0.2) is 0 Å². The van der Waals surface area contributed by atoms with Crippen LogP contribution in [0, 0.1) is 11.3 Å². The van der Waals surface area contributed by atoms with E-state index in [1.807, 2.05) is 0 Å². The van der Waals surface area contributed by atoms with E-state index in [0.29, 0.717) is 17.9 Å². The van der Waals surface area contributed by atoms with Crippen LogP contribution in [0.5, 0.6) is 0 Å². The molecule has 0 amide bonds. The average Bonchev–Trinajstić information content (AvgIpc) is 3.33. The normalized spacial score (nSPS) is 40.1. The minimum atomic E-state index is -0.0638. The van der Waals surface area contributed by atoms with Crippen LogP contribution in [-0.4, -0.2) is 22.8 Å². The van der Waals surface area contributed by atoms with Crippen LogP contribution >= 0.6 is 0 Å². The fourth-order valence-electron chi connectivity index (χ4n) is 9.12. The maximum Gasteiger partial charge on any atom is 0.0974 e. The van der Waals surface area contributed by atoms with E-state index in [-0.39, 0.29) is 22.2 Å². The molecule has 184 valence electrons. The summed E-state index contributed by atoms with van der Waals surface area (Å²) in [7, 11) is 0. The Labute approximate surface area is 211 Å². The summed E-state index contributed by atoms with van der Waals surface area (Å²) in [5, 5.41) is 6.64. The molecule has 7 rings (SSSR count). The summed E-state index contributed by atoms with van der Waals surface area (Å²) < 4.78 is 7.48. The number of rotatable bonds is 2. The van der Waals surface area contributed by atoms with Crippen molar-refractivity contribution in [2.24, 2.45) is 11.3 Å². The molecule has 2 nitrogen and oxygen atoms in total. The van der Waals surface area contributed by atoms with Crippen molar-refractivity contribution in [2.45, 2.75) is 108 Å². The summed E-state index contributed by atoms with van der Waals surface area (Å²) in [6.07, 6.45) is 14.9. The second-order valence-corrected chi connectivity index (χ2v) is 13.6. The topological polar surface area (TPSA) is 21.3 Å². The average molecular weight is 468 g/mol. The Hall–Kier alpha value is -1.90. The lowest BCUT2D eigenvalue weighted by atomic mass is 9.58. The molecule has 35 heavy (non-hydrogen) atoms. The van der Waals surface area contributed by atoms with Crippen LogP contribution in [0.15, 0.2) is 65.8 Å². The molecule has 3 aliphatic carbocycles. The maximum atomic E-state index is 7.48. The molecule has 2 saturated carbocycles. The minimum Gasteiger partial charge on any atom is -0.359 e. The number of nitrogens with one attached hydrogen (secondary N) is 1. The predicted molar refractivity (Wildman–Crippen MR) is 145 cm³/mol. The summed E-state index contributed by atoms with van der Waals surface area (Å²) in [6, 6.07) is 16.6. The van der Waals surface area contributed by atoms with E-state index in [1.54, 1.807) is 5.57 Å². The minimum absolute atomic E-state index is 0.0300. The van der Waals surface area contributed by atoms with E-state index in [4.69, 9.17) is 4.74 Å². The zero-order valence-corrected chi connectivity index (χ0v) is 22.0. The monoisotopic (exact) mass is 467 g/mol. The molecule has 1 N–H and O–H groups in total. The van der Waals surface area contributed by atoms with Gasteiger partial charge in [-0.05, 0) is 117 Å². The van der Waals surface area contributed by atoms with Crippen molar-refractivity contribution in [2.75, 3.05) is 0 Å². The van der Waals surface area contributed by atoms with Gasteiger partial charge in [0.2, 0.25) is 0 Å². The number of benzene rings is 2. The number of allylic oxidation sites excluding steroid dienone is 1. The number of hydrogen-bond acceptors (Lipinski definition) is 2. The van der Waals surface area contributed by atoms with E-state index in [2.05, 4.69) is 87.6 Å². The molecule has 2 heteroatoms. The fourth-order valence-corrected chi connectivity index (χ4v) is 9.12. The lowest BCUT2D eigenvalue weighted by Gasteiger charge is -2.54. The summed E-state index contributed by atoms with van der Waals surface area (Å²) in [5.41, 5.74) is 4.99. The highest BCUT2D eigenvalue weighted by molar-refractivity contribution is 5.83. The van der Waals surface area contributed by atoms with Gasteiger partial charge in [0.1, 0.15) is 0 Å². The first-order chi connectivity index (χ1) is 16.7. The molecule has 1 saturated heterocycles. The predicted octanol–water partition coefficient (Wildman–Crippen LogP) is 7.84. The van der Waals surface area contributed by atoms with E-state index in [0.717, 1.165) is 6.42 Å². The van der Waals surface area contributed by atoms with Crippen LogP contribution in [0.25, 0.3) is 10.8 Å². The zero-order valence-electron chi connectivity index (χ0n) is 22.0. The van der Waals surface area contributed by atoms with Gasteiger partial charge in [0.05, 0.1) is 11.2 Å². The molecule has 2 aromatic rings. The zero-order chi connectivity index (χ0) is 24.1. The molecule has 5 aliphatic rings. The molecule has 2 bridgehead atoms. The van der Waals surface area contributed by atoms with Crippen molar-refractivity contribution in [3.63, 3.8) is 0 Å². The van der Waals surface area contributed by atoms with Gasteiger partial charge in [0.25, 0.3) is 0 Å². The number of hydrogen-bond donors (Lipinski definition) is 1. The van der Waals surface area contributed by atoms with Crippen molar-refractivity contribution in [1.82, 2.24) is 5.32 Å².